The predicted molar refractivity (Wildman–Crippen MR) is 90.6 cm³/mol. The molecule has 128 valence electrons. The fourth-order valence-corrected chi connectivity index (χ4v) is 2.35. The Morgan fingerprint density at radius 1 is 1.00 bits per heavy atom. The number of tetrazole rings is 1. The third-order valence-electron chi connectivity index (χ3n) is 3.66. The van der Waals surface area contributed by atoms with Crippen molar-refractivity contribution in [3.8, 4) is 22.8 Å². The van der Waals surface area contributed by atoms with Crippen LogP contribution in [-0.4, -0.2) is 36.3 Å². The highest BCUT2D eigenvalue weighted by Crippen LogP contribution is 2.16. The van der Waals surface area contributed by atoms with Gasteiger partial charge in [0.2, 0.25) is 17.6 Å². The second-order valence-corrected chi connectivity index (χ2v) is 5.46. The van der Waals surface area contributed by atoms with Gasteiger partial charge in [-0.25, -0.2) is 0 Å². The molecule has 0 aliphatic rings. The zero-order chi connectivity index (χ0) is 17.9. The van der Waals surface area contributed by atoms with Crippen LogP contribution in [0.1, 0.15) is 16.2 Å². The van der Waals surface area contributed by atoms with Gasteiger partial charge in [0.1, 0.15) is 6.54 Å². The van der Waals surface area contributed by atoms with E-state index in [0.717, 1.165) is 11.1 Å². The lowest BCUT2D eigenvalue weighted by Gasteiger charge is -1.97. The van der Waals surface area contributed by atoms with Gasteiger partial charge in [-0.15, -0.1) is 10.2 Å². The molecule has 0 spiro atoms. The summed E-state index contributed by atoms with van der Waals surface area (Å²) in [6, 6.07) is 16.2. The number of amides is 1. The molecule has 0 fully saturated rings. The van der Waals surface area contributed by atoms with Crippen molar-refractivity contribution >= 4 is 5.91 Å². The van der Waals surface area contributed by atoms with Crippen molar-refractivity contribution in [2.24, 2.45) is 5.73 Å². The Morgan fingerprint density at radius 3 is 2.46 bits per heavy atom. The summed E-state index contributed by atoms with van der Waals surface area (Å²) in [5, 5.41) is 16.2. The first-order valence-electron chi connectivity index (χ1n) is 7.75. The molecule has 0 aliphatic carbocycles. The maximum atomic E-state index is 11.1. The zero-order valence-corrected chi connectivity index (χ0v) is 13.5. The van der Waals surface area contributed by atoms with E-state index >= 15 is 0 Å². The van der Waals surface area contributed by atoms with Crippen LogP contribution in [0.15, 0.2) is 59.1 Å². The van der Waals surface area contributed by atoms with E-state index in [0.29, 0.717) is 23.1 Å². The lowest BCUT2D eigenvalue weighted by Crippen LogP contribution is -2.10. The summed E-state index contributed by atoms with van der Waals surface area (Å²) in [4.78, 5) is 16.8. The van der Waals surface area contributed by atoms with Crippen LogP contribution in [0, 0.1) is 0 Å². The molecule has 4 rings (SSSR count). The molecule has 1 amide bonds. The smallest absolute Gasteiger partial charge is 0.250 e. The highest BCUT2D eigenvalue weighted by atomic mass is 16.5. The summed E-state index contributed by atoms with van der Waals surface area (Å²) < 4.78 is 5.24. The maximum absolute atomic E-state index is 11.1. The van der Waals surface area contributed by atoms with Crippen molar-refractivity contribution in [3.63, 3.8) is 0 Å². The van der Waals surface area contributed by atoms with Crippen molar-refractivity contribution in [3.05, 3.63) is 66.1 Å². The Morgan fingerprint density at radius 2 is 1.73 bits per heavy atom. The fourth-order valence-electron chi connectivity index (χ4n) is 2.35. The van der Waals surface area contributed by atoms with E-state index in [4.69, 9.17) is 10.3 Å². The van der Waals surface area contributed by atoms with Crippen LogP contribution in [0.4, 0.5) is 0 Å². The van der Waals surface area contributed by atoms with Gasteiger partial charge in [0.15, 0.2) is 0 Å². The van der Waals surface area contributed by atoms with Crippen molar-refractivity contribution in [1.29, 1.82) is 0 Å². The molecule has 0 atom stereocenters. The lowest BCUT2D eigenvalue weighted by molar-refractivity contribution is 0.100. The predicted octanol–water partition coefficient (Wildman–Crippen LogP) is 1.54. The molecule has 2 heterocycles. The van der Waals surface area contributed by atoms with E-state index in [9.17, 15) is 4.79 Å². The van der Waals surface area contributed by atoms with Crippen LogP contribution in [0.25, 0.3) is 22.8 Å². The third-order valence-corrected chi connectivity index (χ3v) is 3.66. The second-order valence-electron chi connectivity index (χ2n) is 5.46. The summed E-state index contributed by atoms with van der Waals surface area (Å²) in [5.41, 5.74) is 7.23. The average molecular weight is 347 g/mol. The van der Waals surface area contributed by atoms with Gasteiger partial charge in [0.25, 0.3) is 5.89 Å². The highest BCUT2D eigenvalue weighted by Gasteiger charge is 2.12. The monoisotopic (exact) mass is 347 g/mol. The summed E-state index contributed by atoms with van der Waals surface area (Å²) in [6.45, 7) is 0.201. The Bertz CT molecular complexity index is 1040. The van der Waals surface area contributed by atoms with Crippen LogP contribution in [0.3, 0.4) is 0 Å². The van der Waals surface area contributed by atoms with Crippen LogP contribution in [-0.2, 0) is 6.54 Å². The third kappa shape index (κ3) is 3.18. The Hall–Kier alpha value is -3.88. The van der Waals surface area contributed by atoms with E-state index in [2.05, 4.69) is 25.6 Å². The Labute approximate surface area is 147 Å². The van der Waals surface area contributed by atoms with Crippen LogP contribution < -0.4 is 5.73 Å². The minimum absolute atomic E-state index is 0.201. The summed E-state index contributed by atoms with van der Waals surface area (Å²) in [6.07, 6.45) is 0. The van der Waals surface area contributed by atoms with E-state index in [-0.39, 0.29) is 6.54 Å². The molecule has 9 heteroatoms. The highest BCUT2D eigenvalue weighted by molar-refractivity contribution is 5.93. The van der Waals surface area contributed by atoms with Gasteiger partial charge in [-0.05, 0) is 17.3 Å². The molecule has 2 N–H and O–H groups in total. The van der Waals surface area contributed by atoms with Crippen LogP contribution in [0.2, 0.25) is 0 Å². The van der Waals surface area contributed by atoms with Gasteiger partial charge in [-0.3, -0.25) is 4.79 Å². The maximum Gasteiger partial charge on any atom is 0.250 e. The normalized spacial score (nSPS) is 10.8. The number of hydrogen-bond acceptors (Lipinski definition) is 7. The molecule has 0 aliphatic heterocycles. The summed E-state index contributed by atoms with van der Waals surface area (Å²) >= 11 is 0. The van der Waals surface area contributed by atoms with Crippen molar-refractivity contribution in [2.75, 3.05) is 0 Å². The standard InChI is InChI=1S/C17H13N7O2/c18-15(25)11-6-8-13(9-7-11)17-20-23-24(21-17)10-14-19-16(22-26-14)12-4-2-1-3-5-12/h1-9H,10H2,(H2,18,25). The number of hydrogen-bond donors (Lipinski definition) is 1. The number of carbonyl (C=O) groups excluding carboxylic acids is 1. The molecule has 4 aromatic rings. The van der Waals surface area contributed by atoms with Gasteiger partial charge in [-0.1, -0.05) is 47.6 Å². The Balaban J connectivity index is 1.50. The van der Waals surface area contributed by atoms with E-state index in [1.807, 2.05) is 30.3 Å². The summed E-state index contributed by atoms with van der Waals surface area (Å²) in [7, 11) is 0. The minimum atomic E-state index is -0.487. The first-order valence-corrected chi connectivity index (χ1v) is 7.75. The molecule has 0 radical (unpaired) electrons. The number of carbonyl (C=O) groups is 1. The average Bonchev–Trinajstić information content (AvgIpc) is 3.33. The van der Waals surface area contributed by atoms with Crippen molar-refractivity contribution in [1.82, 2.24) is 30.3 Å². The zero-order valence-electron chi connectivity index (χ0n) is 13.5. The molecule has 9 nitrogen and oxygen atoms in total. The summed E-state index contributed by atoms with van der Waals surface area (Å²) in [5.74, 6) is 0.808. The van der Waals surface area contributed by atoms with Gasteiger partial charge in [-0.2, -0.15) is 9.78 Å². The topological polar surface area (TPSA) is 126 Å². The number of benzene rings is 2. The van der Waals surface area contributed by atoms with Crippen LogP contribution in [0.5, 0.6) is 0 Å². The van der Waals surface area contributed by atoms with E-state index in [1.165, 1.54) is 4.80 Å². The molecule has 26 heavy (non-hydrogen) atoms. The number of nitrogens with zero attached hydrogens (tertiary/aromatic N) is 6. The lowest BCUT2D eigenvalue weighted by atomic mass is 10.1. The quantitative estimate of drug-likeness (QED) is 0.580. The molecular weight excluding hydrogens is 334 g/mol. The van der Waals surface area contributed by atoms with Crippen molar-refractivity contribution in [2.45, 2.75) is 6.54 Å². The van der Waals surface area contributed by atoms with Gasteiger partial charge >= 0.3 is 0 Å². The largest absolute Gasteiger partial charge is 0.366 e. The van der Waals surface area contributed by atoms with E-state index < -0.39 is 5.91 Å². The number of nitrogens with two attached hydrogens (primary N) is 1. The number of rotatable bonds is 5. The molecule has 2 aromatic heterocycles. The first-order chi connectivity index (χ1) is 12.7. The number of primary amides is 1. The molecule has 0 unspecified atom stereocenters. The number of aromatic nitrogens is 6. The molecule has 2 aromatic carbocycles. The minimum Gasteiger partial charge on any atom is -0.366 e. The molecule has 0 saturated heterocycles. The molecule has 0 bridgehead atoms. The fraction of sp³-hybridized carbons (Fsp3) is 0.0588. The SMILES string of the molecule is NC(=O)c1ccc(-c2nnn(Cc3nc(-c4ccccc4)no3)n2)cc1. The Kier molecular flexibility index (Phi) is 3.94. The van der Waals surface area contributed by atoms with Gasteiger partial charge in [0.05, 0.1) is 0 Å². The molecular formula is C17H13N7O2. The first kappa shape index (κ1) is 15.6. The van der Waals surface area contributed by atoms with Crippen LogP contribution >= 0.6 is 0 Å². The van der Waals surface area contributed by atoms with E-state index in [1.54, 1.807) is 24.3 Å². The van der Waals surface area contributed by atoms with Gasteiger partial charge < -0.3 is 10.3 Å². The second kappa shape index (κ2) is 6.55. The van der Waals surface area contributed by atoms with Gasteiger partial charge in [0, 0.05) is 16.7 Å². The van der Waals surface area contributed by atoms with Crippen molar-refractivity contribution < 1.29 is 9.32 Å². The molecule has 0 saturated carbocycles.